The minimum Gasteiger partial charge on any atom is -0.379 e. The van der Waals surface area contributed by atoms with Crippen LogP contribution in [0, 0.1) is 5.92 Å². The normalized spacial score (nSPS) is 26.1. The Morgan fingerprint density at radius 3 is 2.61 bits per heavy atom. The van der Waals surface area contributed by atoms with Gasteiger partial charge in [-0.2, -0.15) is 0 Å². The first kappa shape index (κ1) is 24.2. The highest BCUT2D eigenvalue weighted by atomic mass is 127. The molecule has 6 nitrogen and oxygen atoms in total. The summed E-state index contributed by atoms with van der Waals surface area (Å²) in [5.74, 6) is 1.80. The number of hydrogen-bond donors (Lipinski definition) is 1. The maximum absolute atomic E-state index is 6.34. The topological polar surface area (TPSA) is 49.3 Å². The van der Waals surface area contributed by atoms with E-state index in [1.54, 1.807) is 0 Å². The van der Waals surface area contributed by atoms with Gasteiger partial charge in [-0.1, -0.05) is 26.2 Å². The third-order valence-electron chi connectivity index (χ3n) is 6.36. The zero-order valence-electron chi connectivity index (χ0n) is 18.0. The average molecular weight is 508 g/mol. The molecule has 3 rings (SSSR count). The van der Waals surface area contributed by atoms with Crippen molar-refractivity contribution in [2.24, 2.45) is 10.9 Å². The van der Waals surface area contributed by atoms with Gasteiger partial charge in [0.1, 0.15) is 0 Å². The molecule has 0 radical (unpaired) electrons. The monoisotopic (exact) mass is 508 g/mol. The van der Waals surface area contributed by atoms with Gasteiger partial charge in [0.2, 0.25) is 0 Å². The number of morpholine rings is 1. The fourth-order valence-corrected chi connectivity index (χ4v) is 4.78. The standard InChI is InChI=1S/C21H40N4O2.HI/c1-3-13-27-21(8-5-4-6-9-21)18-23-20(22-2)25-10-7-19(17-25)16-24-11-14-26-15-12-24;/h19H,3-18H2,1-2H3,(H,22,23);1H. The second-order valence-corrected chi connectivity index (χ2v) is 8.51. The van der Waals surface area contributed by atoms with E-state index in [1.807, 2.05) is 7.05 Å². The van der Waals surface area contributed by atoms with Crippen LogP contribution in [0.3, 0.4) is 0 Å². The van der Waals surface area contributed by atoms with Crippen LogP contribution in [0.5, 0.6) is 0 Å². The molecule has 28 heavy (non-hydrogen) atoms. The zero-order valence-corrected chi connectivity index (χ0v) is 20.3. The summed E-state index contributed by atoms with van der Waals surface area (Å²) in [6.45, 7) is 11.3. The van der Waals surface area contributed by atoms with E-state index in [0.717, 1.165) is 70.8 Å². The maximum Gasteiger partial charge on any atom is 0.193 e. The summed E-state index contributed by atoms with van der Waals surface area (Å²) in [4.78, 5) is 9.59. The van der Waals surface area contributed by atoms with Crippen LogP contribution >= 0.6 is 24.0 Å². The first-order valence-corrected chi connectivity index (χ1v) is 11.1. The smallest absolute Gasteiger partial charge is 0.193 e. The molecule has 1 saturated carbocycles. The molecule has 2 aliphatic heterocycles. The van der Waals surface area contributed by atoms with Crippen molar-refractivity contribution in [1.82, 2.24) is 15.1 Å². The van der Waals surface area contributed by atoms with Crippen molar-refractivity contribution in [3.05, 3.63) is 0 Å². The number of aliphatic imine (C=N–C) groups is 1. The van der Waals surface area contributed by atoms with Crippen molar-refractivity contribution in [2.75, 3.05) is 66.1 Å². The van der Waals surface area contributed by atoms with Crippen molar-refractivity contribution in [1.29, 1.82) is 0 Å². The molecule has 1 unspecified atom stereocenters. The molecule has 1 atom stereocenters. The molecule has 0 aromatic heterocycles. The lowest BCUT2D eigenvalue weighted by molar-refractivity contribution is -0.0659. The Hall–Kier alpha value is -0.120. The lowest BCUT2D eigenvalue weighted by Crippen LogP contribution is -2.50. The number of halogens is 1. The summed E-state index contributed by atoms with van der Waals surface area (Å²) in [7, 11) is 1.91. The van der Waals surface area contributed by atoms with Gasteiger partial charge in [-0.3, -0.25) is 9.89 Å². The van der Waals surface area contributed by atoms with Gasteiger partial charge in [-0.15, -0.1) is 24.0 Å². The van der Waals surface area contributed by atoms with Crippen molar-refractivity contribution >= 4 is 29.9 Å². The summed E-state index contributed by atoms with van der Waals surface area (Å²) in [5, 5.41) is 3.67. The Labute approximate surface area is 188 Å². The van der Waals surface area contributed by atoms with E-state index < -0.39 is 0 Å². The van der Waals surface area contributed by atoms with Gasteiger partial charge in [0, 0.05) is 52.9 Å². The highest BCUT2D eigenvalue weighted by Gasteiger charge is 2.34. The highest BCUT2D eigenvalue weighted by molar-refractivity contribution is 14.0. The average Bonchev–Trinajstić information content (AvgIpc) is 3.17. The third-order valence-corrected chi connectivity index (χ3v) is 6.36. The molecule has 0 aromatic rings. The predicted octanol–water partition coefficient (Wildman–Crippen LogP) is 2.96. The van der Waals surface area contributed by atoms with Gasteiger partial charge in [-0.25, -0.2) is 0 Å². The lowest BCUT2D eigenvalue weighted by atomic mass is 9.84. The molecule has 7 heteroatoms. The quantitative estimate of drug-likeness (QED) is 0.326. The largest absolute Gasteiger partial charge is 0.379 e. The van der Waals surface area contributed by atoms with Gasteiger partial charge >= 0.3 is 0 Å². The number of nitrogens with zero attached hydrogens (tertiary/aromatic N) is 3. The van der Waals surface area contributed by atoms with Gasteiger partial charge in [0.15, 0.2) is 5.96 Å². The molecular formula is C21H41IN4O2. The summed E-state index contributed by atoms with van der Waals surface area (Å²) in [5.41, 5.74) is 0.0110. The van der Waals surface area contributed by atoms with E-state index in [1.165, 1.54) is 45.1 Å². The molecule has 3 aliphatic rings. The molecule has 0 bridgehead atoms. The number of guanidine groups is 1. The Morgan fingerprint density at radius 1 is 1.18 bits per heavy atom. The van der Waals surface area contributed by atoms with Crippen LogP contribution in [0.15, 0.2) is 4.99 Å². The van der Waals surface area contributed by atoms with Crippen LogP contribution in [0.25, 0.3) is 0 Å². The minimum atomic E-state index is 0. The summed E-state index contributed by atoms with van der Waals surface area (Å²) in [6, 6.07) is 0. The Balaban J connectivity index is 0.00000280. The summed E-state index contributed by atoms with van der Waals surface area (Å²) >= 11 is 0. The van der Waals surface area contributed by atoms with Crippen LogP contribution in [0.4, 0.5) is 0 Å². The second-order valence-electron chi connectivity index (χ2n) is 8.51. The number of likely N-dealkylation sites (tertiary alicyclic amines) is 1. The molecule has 2 heterocycles. The molecule has 0 amide bonds. The molecule has 1 N–H and O–H groups in total. The highest BCUT2D eigenvalue weighted by Crippen LogP contribution is 2.31. The fourth-order valence-electron chi connectivity index (χ4n) is 4.78. The van der Waals surface area contributed by atoms with Crippen LogP contribution in [0.1, 0.15) is 51.9 Å². The van der Waals surface area contributed by atoms with E-state index in [-0.39, 0.29) is 29.6 Å². The SMILES string of the molecule is CCCOC1(CNC(=NC)N2CCC(CN3CCOCC3)C2)CCCCC1.I. The van der Waals surface area contributed by atoms with Crippen LogP contribution in [-0.4, -0.2) is 87.5 Å². The van der Waals surface area contributed by atoms with Crippen molar-refractivity contribution in [2.45, 2.75) is 57.5 Å². The number of ether oxygens (including phenoxy) is 2. The zero-order chi connectivity index (χ0) is 19.0. The molecule has 3 fully saturated rings. The van der Waals surface area contributed by atoms with Gasteiger partial charge in [-0.05, 0) is 31.6 Å². The molecule has 2 saturated heterocycles. The minimum absolute atomic E-state index is 0. The van der Waals surface area contributed by atoms with E-state index >= 15 is 0 Å². The molecule has 0 spiro atoms. The van der Waals surface area contributed by atoms with E-state index in [4.69, 9.17) is 9.47 Å². The molecule has 164 valence electrons. The maximum atomic E-state index is 6.34. The summed E-state index contributed by atoms with van der Waals surface area (Å²) < 4.78 is 11.8. The third kappa shape index (κ3) is 6.99. The van der Waals surface area contributed by atoms with E-state index in [9.17, 15) is 0 Å². The number of rotatable bonds is 7. The first-order valence-electron chi connectivity index (χ1n) is 11.1. The Bertz CT molecular complexity index is 465. The summed E-state index contributed by atoms with van der Waals surface area (Å²) in [6.07, 6.45) is 8.63. The Kier molecular flexibility index (Phi) is 10.8. The molecule has 0 aromatic carbocycles. The van der Waals surface area contributed by atoms with Crippen LogP contribution < -0.4 is 5.32 Å². The Morgan fingerprint density at radius 2 is 1.93 bits per heavy atom. The van der Waals surface area contributed by atoms with Crippen molar-refractivity contribution < 1.29 is 9.47 Å². The van der Waals surface area contributed by atoms with Crippen molar-refractivity contribution in [3.8, 4) is 0 Å². The fraction of sp³-hybridized carbons (Fsp3) is 0.952. The van der Waals surface area contributed by atoms with Crippen molar-refractivity contribution in [3.63, 3.8) is 0 Å². The second kappa shape index (κ2) is 12.5. The van der Waals surface area contributed by atoms with Gasteiger partial charge in [0.05, 0.1) is 18.8 Å². The number of nitrogens with one attached hydrogen (secondary N) is 1. The van der Waals surface area contributed by atoms with E-state index in [0.29, 0.717) is 0 Å². The van der Waals surface area contributed by atoms with Crippen LogP contribution in [0.2, 0.25) is 0 Å². The van der Waals surface area contributed by atoms with Gasteiger partial charge < -0.3 is 19.7 Å². The number of hydrogen-bond acceptors (Lipinski definition) is 4. The van der Waals surface area contributed by atoms with E-state index in [2.05, 4.69) is 27.0 Å². The molecular weight excluding hydrogens is 467 g/mol. The molecule has 1 aliphatic carbocycles. The lowest BCUT2D eigenvalue weighted by Gasteiger charge is -2.38. The van der Waals surface area contributed by atoms with Crippen LogP contribution in [-0.2, 0) is 9.47 Å². The predicted molar refractivity (Wildman–Crippen MR) is 126 cm³/mol. The van der Waals surface area contributed by atoms with Gasteiger partial charge in [0.25, 0.3) is 0 Å². The first-order chi connectivity index (χ1) is 13.2.